The summed E-state index contributed by atoms with van der Waals surface area (Å²) in [7, 11) is 1.71. The summed E-state index contributed by atoms with van der Waals surface area (Å²) in [6, 6.07) is -1.01. The van der Waals surface area contributed by atoms with E-state index in [1.807, 2.05) is 0 Å². The normalized spacial score (nSPS) is 17.6. The third kappa shape index (κ3) is 3.82. The molecule has 1 amide bonds. The largest absolute Gasteiger partial charge is 0.479 e. The Morgan fingerprint density at radius 2 is 2.15 bits per heavy atom. The molecule has 1 unspecified atom stereocenters. The summed E-state index contributed by atoms with van der Waals surface area (Å²) in [6.45, 7) is 0. The molecule has 0 radical (unpaired) electrons. The maximum Gasteiger partial charge on any atom is 0.331 e. The number of nitrogens with one attached hydrogen (secondary N) is 1. The lowest BCUT2D eigenvalue weighted by molar-refractivity contribution is -0.142. The number of amides is 1. The number of carbonyl (C=O) groups is 2. The van der Waals surface area contributed by atoms with Gasteiger partial charge in [-0.3, -0.25) is 9.48 Å². The average molecular weight is 279 g/mol. The molecule has 1 heterocycles. The van der Waals surface area contributed by atoms with Crippen molar-refractivity contribution >= 4 is 11.9 Å². The van der Waals surface area contributed by atoms with Gasteiger partial charge in [0.25, 0.3) is 0 Å². The minimum absolute atomic E-state index is 0.187. The van der Waals surface area contributed by atoms with Gasteiger partial charge in [0.15, 0.2) is 6.04 Å². The Balaban J connectivity index is 1.94. The van der Waals surface area contributed by atoms with Crippen LogP contribution in [0, 0.1) is 5.92 Å². The Hall–Kier alpha value is -1.85. The molecule has 20 heavy (non-hydrogen) atoms. The van der Waals surface area contributed by atoms with Crippen LogP contribution in [0.3, 0.4) is 0 Å². The molecule has 1 aliphatic carbocycles. The molecule has 2 N–H and O–H groups in total. The fraction of sp³-hybridized carbons (Fsp3) is 0.643. The van der Waals surface area contributed by atoms with Gasteiger partial charge < -0.3 is 10.4 Å². The van der Waals surface area contributed by atoms with Gasteiger partial charge in [-0.15, -0.1) is 0 Å². The molecule has 2 rings (SSSR count). The number of aryl methyl sites for hydroxylation is 1. The highest BCUT2D eigenvalue weighted by atomic mass is 16.4. The first-order chi connectivity index (χ1) is 9.56. The molecule has 1 atom stereocenters. The molecule has 1 aromatic rings. The zero-order valence-electron chi connectivity index (χ0n) is 11.7. The summed E-state index contributed by atoms with van der Waals surface area (Å²) in [5.74, 6) is -0.852. The predicted molar refractivity (Wildman–Crippen MR) is 72.9 cm³/mol. The molecule has 1 fully saturated rings. The van der Waals surface area contributed by atoms with E-state index in [1.165, 1.54) is 30.1 Å². The molecular weight excluding hydrogens is 258 g/mol. The summed E-state index contributed by atoms with van der Waals surface area (Å²) < 4.78 is 1.53. The van der Waals surface area contributed by atoms with Crippen molar-refractivity contribution < 1.29 is 14.7 Å². The van der Waals surface area contributed by atoms with E-state index in [4.69, 9.17) is 0 Å². The first-order valence-corrected chi connectivity index (χ1v) is 7.07. The van der Waals surface area contributed by atoms with Crippen molar-refractivity contribution in [2.24, 2.45) is 13.0 Å². The second-order valence-electron chi connectivity index (χ2n) is 5.49. The minimum Gasteiger partial charge on any atom is -0.479 e. The number of rotatable bonds is 5. The van der Waals surface area contributed by atoms with Crippen LogP contribution in [0.5, 0.6) is 0 Å². The van der Waals surface area contributed by atoms with Crippen molar-refractivity contribution in [3.8, 4) is 0 Å². The number of hydrogen-bond acceptors (Lipinski definition) is 3. The van der Waals surface area contributed by atoms with Crippen LogP contribution in [0.4, 0.5) is 0 Å². The van der Waals surface area contributed by atoms with Crippen molar-refractivity contribution in [3.05, 3.63) is 18.0 Å². The van der Waals surface area contributed by atoms with E-state index in [0.29, 0.717) is 17.9 Å². The van der Waals surface area contributed by atoms with Crippen molar-refractivity contribution in [3.63, 3.8) is 0 Å². The van der Waals surface area contributed by atoms with Crippen LogP contribution in [0.15, 0.2) is 12.4 Å². The van der Waals surface area contributed by atoms with Gasteiger partial charge in [-0.05, 0) is 18.8 Å². The zero-order valence-corrected chi connectivity index (χ0v) is 11.7. The van der Waals surface area contributed by atoms with E-state index in [9.17, 15) is 14.7 Å². The van der Waals surface area contributed by atoms with Gasteiger partial charge in [0, 0.05) is 25.2 Å². The number of carbonyl (C=O) groups excluding carboxylic acids is 1. The Kier molecular flexibility index (Phi) is 4.76. The van der Waals surface area contributed by atoms with Crippen LogP contribution >= 0.6 is 0 Å². The number of aliphatic carboxylic acids is 1. The number of nitrogens with zero attached hydrogens (tertiary/aromatic N) is 2. The number of hydrogen-bond donors (Lipinski definition) is 2. The predicted octanol–water partition coefficient (Wildman–Crippen LogP) is 1.63. The second-order valence-corrected chi connectivity index (χ2v) is 5.49. The summed E-state index contributed by atoms with van der Waals surface area (Å²) in [4.78, 5) is 23.3. The van der Waals surface area contributed by atoms with Crippen LogP contribution in [0.1, 0.15) is 50.1 Å². The van der Waals surface area contributed by atoms with Gasteiger partial charge in [0.1, 0.15) is 0 Å². The molecule has 0 aliphatic heterocycles. The van der Waals surface area contributed by atoms with Crippen LogP contribution < -0.4 is 5.32 Å². The molecule has 110 valence electrons. The third-order valence-corrected chi connectivity index (χ3v) is 3.81. The van der Waals surface area contributed by atoms with Gasteiger partial charge >= 0.3 is 5.97 Å². The van der Waals surface area contributed by atoms with Gasteiger partial charge in [-0.1, -0.05) is 19.3 Å². The van der Waals surface area contributed by atoms with Crippen LogP contribution in [-0.4, -0.2) is 26.8 Å². The molecule has 0 aromatic carbocycles. The molecule has 6 nitrogen and oxygen atoms in total. The number of carboxylic acids is 1. The molecule has 1 saturated carbocycles. The molecule has 6 heteroatoms. The number of aromatic nitrogens is 2. The van der Waals surface area contributed by atoms with Gasteiger partial charge in [-0.2, -0.15) is 5.10 Å². The average Bonchev–Trinajstić information content (AvgIpc) is 2.83. The fourth-order valence-electron chi connectivity index (χ4n) is 2.75. The first-order valence-electron chi connectivity index (χ1n) is 7.07. The quantitative estimate of drug-likeness (QED) is 0.858. The highest BCUT2D eigenvalue weighted by Gasteiger charge is 2.25. The van der Waals surface area contributed by atoms with Crippen molar-refractivity contribution in [2.75, 3.05) is 0 Å². The van der Waals surface area contributed by atoms with Crippen molar-refractivity contribution in [2.45, 2.75) is 44.6 Å². The van der Waals surface area contributed by atoms with E-state index >= 15 is 0 Å². The molecule has 0 spiro atoms. The Labute approximate surface area is 118 Å². The maximum absolute atomic E-state index is 12.0. The molecule has 1 aliphatic rings. The van der Waals surface area contributed by atoms with Crippen molar-refractivity contribution in [1.29, 1.82) is 0 Å². The molecule has 1 aromatic heterocycles. The molecule has 0 bridgehead atoms. The Morgan fingerprint density at radius 3 is 2.70 bits per heavy atom. The van der Waals surface area contributed by atoms with Crippen molar-refractivity contribution in [1.82, 2.24) is 15.1 Å². The van der Waals surface area contributed by atoms with E-state index in [2.05, 4.69) is 10.4 Å². The summed E-state index contributed by atoms with van der Waals surface area (Å²) in [6.07, 6.45) is 9.22. The minimum atomic E-state index is -1.06. The summed E-state index contributed by atoms with van der Waals surface area (Å²) in [5, 5.41) is 15.8. The lowest BCUT2D eigenvalue weighted by Gasteiger charge is -2.22. The molecule has 0 saturated heterocycles. The number of carboxylic acid groups (broad SMARTS) is 1. The van der Waals surface area contributed by atoms with E-state index < -0.39 is 12.0 Å². The summed E-state index contributed by atoms with van der Waals surface area (Å²) >= 11 is 0. The van der Waals surface area contributed by atoms with Crippen LogP contribution in [0.2, 0.25) is 0 Å². The van der Waals surface area contributed by atoms with Gasteiger partial charge in [-0.25, -0.2) is 4.79 Å². The smallest absolute Gasteiger partial charge is 0.331 e. The second kappa shape index (κ2) is 6.54. The lowest BCUT2D eigenvalue weighted by Crippen LogP contribution is -2.34. The fourth-order valence-corrected chi connectivity index (χ4v) is 2.75. The first kappa shape index (κ1) is 14.6. The van der Waals surface area contributed by atoms with E-state index in [1.54, 1.807) is 13.2 Å². The van der Waals surface area contributed by atoms with E-state index in [-0.39, 0.29) is 5.91 Å². The van der Waals surface area contributed by atoms with Gasteiger partial charge in [0.05, 0.1) is 6.20 Å². The monoisotopic (exact) mass is 279 g/mol. The van der Waals surface area contributed by atoms with Crippen LogP contribution in [0.25, 0.3) is 0 Å². The Morgan fingerprint density at radius 1 is 1.45 bits per heavy atom. The highest BCUT2D eigenvalue weighted by molar-refractivity contribution is 5.84. The van der Waals surface area contributed by atoms with Gasteiger partial charge in [0.2, 0.25) is 5.91 Å². The summed E-state index contributed by atoms with van der Waals surface area (Å²) in [5.41, 5.74) is 0.497. The topological polar surface area (TPSA) is 84.2 Å². The highest BCUT2D eigenvalue weighted by Crippen LogP contribution is 2.26. The SMILES string of the molecule is Cn1cc(C(NC(=O)CC2CCCCC2)C(=O)O)cn1. The standard InChI is InChI=1S/C14H21N3O3/c1-17-9-11(8-15-17)13(14(19)20)16-12(18)7-10-5-3-2-4-6-10/h8-10,13H,2-7H2,1H3,(H,16,18)(H,19,20). The molecular formula is C14H21N3O3. The maximum atomic E-state index is 12.0. The zero-order chi connectivity index (χ0) is 14.5. The Bertz CT molecular complexity index is 478. The third-order valence-electron chi connectivity index (χ3n) is 3.81. The lowest BCUT2D eigenvalue weighted by atomic mass is 9.87. The van der Waals surface area contributed by atoms with E-state index in [0.717, 1.165) is 12.8 Å². The van der Waals surface area contributed by atoms with Crippen LogP contribution in [-0.2, 0) is 16.6 Å².